The zero-order valence-electron chi connectivity index (χ0n) is 10.4. The molecule has 0 spiro atoms. The summed E-state index contributed by atoms with van der Waals surface area (Å²) < 4.78 is 0. The lowest BCUT2D eigenvalue weighted by molar-refractivity contribution is 0.313. The number of nitrogens with zero attached hydrogens (tertiary/aromatic N) is 5. The first kappa shape index (κ1) is 12.9. The lowest BCUT2D eigenvalue weighted by Gasteiger charge is -2.15. The van der Waals surface area contributed by atoms with E-state index >= 15 is 0 Å². The van der Waals surface area contributed by atoms with Crippen LogP contribution in [0.25, 0.3) is 0 Å². The number of thioether (sulfide) groups is 1. The number of hydrogen-bond donors (Lipinski definition) is 0. The summed E-state index contributed by atoms with van der Waals surface area (Å²) in [5, 5.41) is 0.801. The van der Waals surface area contributed by atoms with Crippen LogP contribution in [0.5, 0.6) is 0 Å². The second kappa shape index (κ2) is 6.42. The van der Waals surface area contributed by atoms with Crippen molar-refractivity contribution in [1.82, 2.24) is 24.8 Å². The van der Waals surface area contributed by atoms with E-state index in [1.165, 1.54) is 0 Å². The molecule has 2 aromatic heterocycles. The Morgan fingerprint density at radius 1 is 1.06 bits per heavy atom. The van der Waals surface area contributed by atoms with E-state index < -0.39 is 0 Å². The van der Waals surface area contributed by atoms with Crippen LogP contribution in [0.3, 0.4) is 0 Å². The zero-order chi connectivity index (χ0) is 12.8. The summed E-state index contributed by atoms with van der Waals surface area (Å²) in [6, 6.07) is 0. The molecule has 0 bridgehead atoms. The Labute approximate surface area is 111 Å². The van der Waals surface area contributed by atoms with Gasteiger partial charge < -0.3 is 0 Å². The Morgan fingerprint density at radius 3 is 2.44 bits per heavy atom. The van der Waals surface area contributed by atoms with Gasteiger partial charge in [0, 0.05) is 49.6 Å². The van der Waals surface area contributed by atoms with Crippen molar-refractivity contribution < 1.29 is 0 Å². The maximum Gasteiger partial charge on any atom is 0.187 e. The molecule has 0 aliphatic carbocycles. The van der Waals surface area contributed by atoms with Gasteiger partial charge in [0.25, 0.3) is 0 Å². The molecule has 0 amide bonds. The molecule has 18 heavy (non-hydrogen) atoms. The van der Waals surface area contributed by atoms with Crippen LogP contribution in [0.2, 0.25) is 0 Å². The minimum Gasteiger partial charge on any atom is -0.296 e. The van der Waals surface area contributed by atoms with Crippen molar-refractivity contribution in [1.29, 1.82) is 0 Å². The molecule has 0 N–H and O–H groups in total. The van der Waals surface area contributed by atoms with Gasteiger partial charge in [0.15, 0.2) is 5.16 Å². The highest BCUT2D eigenvalue weighted by Gasteiger charge is 2.04. The highest BCUT2D eigenvalue weighted by molar-refractivity contribution is 7.98. The van der Waals surface area contributed by atoms with E-state index in [2.05, 4.69) is 24.8 Å². The largest absolute Gasteiger partial charge is 0.296 e. The monoisotopic (exact) mass is 261 g/mol. The zero-order valence-corrected chi connectivity index (χ0v) is 11.3. The van der Waals surface area contributed by atoms with Crippen LogP contribution in [0.4, 0.5) is 0 Å². The van der Waals surface area contributed by atoms with Crippen LogP contribution in [0, 0.1) is 0 Å². The molecular formula is C12H15N5S. The molecule has 2 heterocycles. The topological polar surface area (TPSA) is 54.8 Å². The van der Waals surface area contributed by atoms with Gasteiger partial charge in [-0.1, -0.05) is 11.8 Å². The summed E-state index contributed by atoms with van der Waals surface area (Å²) in [6.45, 7) is 1.56. The molecule has 5 nitrogen and oxygen atoms in total. The van der Waals surface area contributed by atoms with Crippen LogP contribution in [0.15, 0.2) is 36.1 Å². The van der Waals surface area contributed by atoms with Gasteiger partial charge in [0.2, 0.25) is 0 Å². The first-order valence-electron chi connectivity index (χ1n) is 5.56. The van der Waals surface area contributed by atoms with Crippen LogP contribution in [-0.4, -0.2) is 38.1 Å². The summed E-state index contributed by atoms with van der Waals surface area (Å²) >= 11 is 1.54. The SMILES string of the molecule is CSc1ncc(CN(C)Cc2cnccn2)cn1. The van der Waals surface area contributed by atoms with Gasteiger partial charge in [0.05, 0.1) is 5.69 Å². The summed E-state index contributed by atoms with van der Waals surface area (Å²) in [4.78, 5) is 19.0. The number of aromatic nitrogens is 4. The third kappa shape index (κ3) is 3.75. The normalized spacial score (nSPS) is 10.8. The molecule has 0 aromatic carbocycles. The molecule has 0 saturated carbocycles. The summed E-state index contributed by atoms with van der Waals surface area (Å²) in [6.07, 6.45) is 10.9. The fourth-order valence-electron chi connectivity index (χ4n) is 1.59. The van der Waals surface area contributed by atoms with Gasteiger partial charge in [-0.15, -0.1) is 0 Å². The second-order valence-corrected chi connectivity index (χ2v) is 4.72. The molecule has 94 valence electrons. The standard InChI is InChI=1S/C12H15N5S/c1-17(9-11-7-13-3-4-14-11)8-10-5-15-12(18-2)16-6-10/h3-7H,8-9H2,1-2H3. The Morgan fingerprint density at radius 2 is 1.83 bits per heavy atom. The average molecular weight is 261 g/mol. The van der Waals surface area contributed by atoms with E-state index in [1.54, 1.807) is 30.4 Å². The molecule has 6 heteroatoms. The molecule has 0 fully saturated rings. The van der Waals surface area contributed by atoms with E-state index in [4.69, 9.17) is 0 Å². The van der Waals surface area contributed by atoms with Crippen molar-refractivity contribution in [3.05, 3.63) is 42.2 Å². The maximum atomic E-state index is 4.25. The third-order valence-electron chi connectivity index (χ3n) is 2.37. The molecule has 0 radical (unpaired) electrons. The van der Waals surface area contributed by atoms with Gasteiger partial charge in [0.1, 0.15) is 0 Å². The minimum atomic E-state index is 0.762. The molecule has 2 rings (SSSR count). The van der Waals surface area contributed by atoms with Crippen molar-refractivity contribution in [2.75, 3.05) is 13.3 Å². The predicted molar refractivity (Wildman–Crippen MR) is 71.0 cm³/mol. The first-order chi connectivity index (χ1) is 8.78. The van der Waals surface area contributed by atoms with Gasteiger partial charge in [-0.2, -0.15) is 0 Å². The fraction of sp³-hybridized carbons (Fsp3) is 0.333. The Balaban J connectivity index is 1.92. The molecule has 2 aromatic rings. The average Bonchev–Trinajstić information content (AvgIpc) is 2.40. The lowest BCUT2D eigenvalue weighted by atomic mass is 10.3. The third-order valence-corrected chi connectivity index (χ3v) is 2.94. The van der Waals surface area contributed by atoms with E-state index in [1.807, 2.05) is 25.7 Å². The van der Waals surface area contributed by atoms with Gasteiger partial charge in [-0.25, -0.2) is 9.97 Å². The molecule has 0 aliphatic rings. The summed E-state index contributed by atoms with van der Waals surface area (Å²) in [7, 11) is 2.04. The smallest absolute Gasteiger partial charge is 0.187 e. The molecule has 0 aliphatic heterocycles. The summed E-state index contributed by atoms with van der Waals surface area (Å²) in [5.74, 6) is 0. The van der Waals surface area contributed by atoms with Crippen LogP contribution >= 0.6 is 11.8 Å². The first-order valence-corrected chi connectivity index (χ1v) is 6.79. The van der Waals surface area contributed by atoms with Gasteiger partial charge >= 0.3 is 0 Å². The van der Waals surface area contributed by atoms with Gasteiger partial charge in [-0.05, 0) is 13.3 Å². The van der Waals surface area contributed by atoms with E-state index in [0.717, 1.165) is 29.5 Å². The van der Waals surface area contributed by atoms with Crippen molar-refractivity contribution in [3.63, 3.8) is 0 Å². The minimum absolute atomic E-state index is 0.762. The van der Waals surface area contributed by atoms with Crippen molar-refractivity contribution >= 4 is 11.8 Å². The Hall–Kier alpha value is -1.53. The molecule has 0 unspecified atom stereocenters. The Bertz CT molecular complexity index is 474. The number of rotatable bonds is 5. The van der Waals surface area contributed by atoms with Crippen LogP contribution < -0.4 is 0 Å². The fourth-order valence-corrected chi connectivity index (χ4v) is 1.90. The van der Waals surface area contributed by atoms with Crippen molar-refractivity contribution in [2.24, 2.45) is 0 Å². The van der Waals surface area contributed by atoms with Crippen LogP contribution in [-0.2, 0) is 13.1 Å². The number of hydrogen-bond acceptors (Lipinski definition) is 6. The summed E-state index contributed by atoms with van der Waals surface area (Å²) in [5.41, 5.74) is 2.06. The molecular weight excluding hydrogens is 246 g/mol. The highest BCUT2D eigenvalue weighted by atomic mass is 32.2. The van der Waals surface area contributed by atoms with E-state index in [9.17, 15) is 0 Å². The highest BCUT2D eigenvalue weighted by Crippen LogP contribution is 2.09. The van der Waals surface area contributed by atoms with Crippen molar-refractivity contribution in [3.8, 4) is 0 Å². The molecule has 0 saturated heterocycles. The van der Waals surface area contributed by atoms with Gasteiger partial charge in [-0.3, -0.25) is 14.9 Å². The van der Waals surface area contributed by atoms with Crippen molar-refractivity contribution in [2.45, 2.75) is 18.2 Å². The van der Waals surface area contributed by atoms with E-state index in [0.29, 0.717) is 0 Å². The maximum absolute atomic E-state index is 4.25. The quantitative estimate of drug-likeness (QED) is 0.602. The Kier molecular flexibility index (Phi) is 4.60. The second-order valence-electron chi connectivity index (χ2n) is 3.95. The van der Waals surface area contributed by atoms with E-state index in [-0.39, 0.29) is 0 Å². The lowest BCUT2D eigenvalue weighted by Crippen LogP contribution is -2.18. The van der Waals surface area contributed by atoms with Crippen LogP contribution in [0.1, 0.15) is 11.3 Å². The molecule has 0 atom stereocenters. The predicted octanol–water partition coefficient (Wildman–Crippen LogP) is 1.62.